The van der Waals surface area contributed by atoms with Crippen LogP contribution >= 0.6 is 11.6 Å². The fourth-order valence-electron chi connectivity index (χ4n) is 2.14. The zero-order valence-corrected chi connectivity index (χ0v) is 9.90. The first kappa shape index (κ1) is 11.8. The Labute approximate surface area is 100 Å². The van der Waals surface area contributed by atoms with Gasteiger partial charge in [-0.1, -0.05) is 6.42 Å². The van der Waals surface area contributed by atoms with Gasteiger partial charge in [0.2, 0.25) is 5.28 Å². The van der Waals surface area contributed by atoms with Crippen LogP contribution in [0.2, 0.25) is 5.28 Å². The summed E-state index contributed by atoms with van der Waals surface area (Å²) in [5, 5.41) is 9.58. The van der Waals surface area contributed by atoms with Crippen LogP contribution in [0.5, 0.6) is 0 Å². The summed E-state index contributed by atoms with van der Waals surface area (Å²) < 4.78 is 0. The third kappa shape index (κ3) is 2.90. The minimum atomic E-state index is 0.221. The van der Waals surface area contributed by atoms with E-state index in [0.29, 0.717) is 0 Å². The maximum Gasteiger partial charge on any atom is 0.222 e. The van der Waals surface area contributed by atoms with Gasteiger partial charge in [0.1, 0.15) is 0 Å². The summed E-state index contributed by atoms with van der Waals surface area (Å²) in [5.41, 5.74) is 0.917. The van der Waals surface area contributed by atoms with Gasteiger partial charge in [-0.15, -0.1) is 0 Å². The number of aliphatic hydroxyl groups is 1. The first-order valence-corrected chi connectivity index (χ1v) is 5.99. The molecule has 1 N–H and O–H groups in total. The third-order valence-electron chi connectivity index (χ3n) is 3.01. The lowest BCUT2D eigenvalue weighted by Gasteiger charge is -2.34. The minimum absolute atomic E-state index is 0.221. The number of nitrogens with zero attached hydrogens (tertiary/aromatic N) is 3. The monoisotopic (exact) mass is 241 g/mol. The van der Waals surface area contributed by atoms with E-state index in [0.717, 1.165) is 25.2 Å². The summed E-state index contributed by atoms with van der Waals surface area (Å²) in [5.74, 6) is 0. The van der Waals surface area contributed by atoms with Crippen molar-refractivity contribution in [3.05, 3.63) is 23.2 Å². The topological polar surface area (TPSA) is 49.2 Å². The SMILES string of the molecule is OC[C@H]1CCCCN1Cc1ccnc(Cl)n1. The second-order valence-electron chi connectivity index (χ2n) is 4.12. The van der Waals surface area contributed by atoms with Crippen molar-refractivity contribution >= 4 is 11.6 Å². The number of halogens is 1. The van der Waals surface area contributed by atoms with Crippen LogP contribution in [0.15, 0.2) is 12.3 Å². The second kappa shape index (κ2) is 5.57. The molecule has 16 heavy (non-hydrogen) atoms. The van der Waals surface area contributed by atoms with E-state index in [1.165, 1.54) is 12.8 Å². The molecule has 0 saturated carbocycles. The van der Waals surface area contributed by atoms with Gasteiger partial charge >= 0.3 is 0 Å². The Hall–Kier alpha value is -0.710. The van der Waals surface area contributed by atoms with Crippen molar-refractivity contribution in [3.63, 3.8) is 0 Å². The number of rotatable bonds is 3. The highest BCUT2D eigenvalue weighted by Gasteiger charge is 2.21. The number of piperidine rings is 1. The van der Waals surface area contributed by atoms with Crippen LogP contribution in [-0.4, -0.2) is 39.2 Å². The molecular formula is C11H16ClN3O. The second-order valence-corrected chi connectivity index (χ2v) is 4.46. The van der Waals surface area contributed by atoms with Gasteiger partial charge < -0.3 is 5.11 Å². The molecule has 0 radical (unpaired) electrons. The van der Waals surface area contributed by atoms with E-state index in [-0.39, 0.29) is 17.9 Å². The molecule has 5 heteroatoms. The molecule has 1 aliphatic rings. The zero-order valence-electron chi connectivity index (χ0n) is 9.14. The first-order valence-electron chi connectivity index (χ1n) is 5.62. The molecule has 1 aromatic rings. The Morgan fingerprint density at radius 2 is 2.38 bits per heavy atom. The van der Waals surface area contributed by atoms with Crippen molar-refractivity contribution in [3.8, 4) is 0 Å². The predicted octanol–water partition coefficient (Wildman–Crippen LogP) is 1.48. The van der Waals surface area contributed by atoms with Crippen LogP contribution in [0.4, 0.5) is 0 Å². The van der Waals surface area contributed by atoms with Crippen molar-refractivity contribution in [2.75, 3.05) is 13.2 Å². The minimum Gasteiger partial charge on any atom is -0.395 e. The van der Waals surface area contributed by atoms with Gasteiger partial charge in [-0.3, -0.25) is 4.90 Å². The quantitative estimate of drug-likeness (QED) is 0.815. The Morgan fingerprint density at radius 1 is 1.50 bits per heavy atom. The van der Waals surface area contributed by atoms with Crippen LogP contribution < -0.4 is 0 Å². The molecule has 0 amide bonds. The van der Waals surface area contributed by atoms with Crippen LogP contribution in [-0.2, 0) is 6.54 Å². The van der Waals surface area contributed by atoms with Crippen molar-refractivity contribution < 1.29 is 5.11 Å². The fourth-order valence-corrected chi connectivity index (χ4v) is 2.31. The first-order chi connectivity index (χ1) is 7.79. The summed E-state index contributed by atoms with van der Waals surface area (Å²) in [6.07, 6.45) is 5.12. The van der Waals surface area contributed by atoms with Crippen molar-refractivity contribution in [1.29, 1.82) is 0 Å². The van der Waals surface area contributed by atoms with E-state index in [1.807, 2.05) is 6.07 Å². The Balaban J connectivity index is 2.02. The smallest absolute Gasteiger partial charge is 0.222 e. The lowest BCUT2D eigenvalue weighted by atomic mass is 10.0. The number of aromatic nitrogens is 2. The highest BCUT2D eigenvalue weighted by atomic mass is 35.5. The van der Waals surface area contributed by atoms with E-state index in [4.69, 9.17) is 11.6 Å². The summed E-state index contributed by atoms with van der Waals surface area (Å²) in [4.78, 5) is 10.3. The lowest BCUT2D eigenvalue weighted by Crippen LogP contribution is -2.41. The van der Waals surface area contributed by atoms with Crippen LogP contribution in [0.3, 0.4) is 0 Å². The summed E-state index contributed by atoms with van der Waals surface area (Å²) >= 11 is 5.74. The molecule has 4 nitrogen and oxygen atoms in total. The van der Waals surface area contributed by atoms with Crippen molar-refractivity contribution in [1.82, 2.24) is 14.9 Å². The highest BCUT2D eigenvalue weighted by Crippen LogP contribution is 2.18. The van der Waals surface area contributed by atoms with Crippen molar-refractivity contribution in [2.24, 2.45) is 0 Å². The van der Waals surface area contributed by atoms with Crippen LogP contribution in [0.25, 0.3) is 0 Å². The average Bonchev–Trinajstić information content (AvgIpc) is 2.30. The molecule has 0 aliphatic carbocycles. The van der Waals surface area contributed by atoms with Crippen LogP contribution in [0, 0.1) is 0 Å². The summed E-state index contributed by atoms with van der Waals surface area (Å²) in [6, 6.07) is 2.14. The van der Waals surface area contributed by atoms with Gasteiger partial charge in [0, 0.05) is 18.8 Å². The van der Waals surface area contributed by atoms with Gasteiger partial charge in [-0.25, -0.2) is 9.97 Å². The molecule has 1 saturated heterocycles. The van der Waals surface area contributed by atoms with Crippen LogP contribution in [0.1, 0.15) is 25.0 Å². The van der Waals surface area contributed by atoms with Gasteiger partial charge in [0.25, 0.3) is 0 Å². The Kier molecular flexibility index (Phi) is 4.09. The molecule has 1 fully saturated rings. The normalized spacial score (nSPS) is 22.2. The van der Waals surface area contributed by atoms with Gasteiger partial charge in [-0.05, 0) is 37.1 Å². The maximum absolute atomic E-state index is 9.29. The Morgan fingerprint density at radius 3 is 3.12 bits per heavy atom. The molecule has 1 atom stereocenters. The highest BCUT2D eigenvalue weighted by molar-refractivity contribution is 6.28. The molecule has 0 aromatic carbocycles. The third-order valence-corrected chi connectivity index (χ3v) is 3.19. The van der Waals surface area contributed by atoms with Crippen molar-refractivity contribution in [2.45, 2.75) is 31.8 Å². The molecule has 1 aromatic heterocycles. The molecule has 0 bridgehead atoms. The number of aliphatic hydroxyl groups excluding tert-OH is 1. The van der Waals surface area contributed by atoms with Gasteiger partial charge in [0.15, 0.2) is 0 Å². The molecule has 2 rings (SSSR count). The lowest BCUT2D eigenvalue weighted by molar-refractivity contribution is 0.0830. The number of hydrogen-bond acceptors (Lipinski definition) is 4. The zero-order chi connectivity index (χ0) is 11.4. The average molecular weight is 242 g/mol. The van der Waals surface area contributed by atoms with Gasteiger partial charge in [0.05, 0.1) is 12.3 Å². The summed E-state index contributed by atoms with van der Waals surface area (Å²) in [6.45, 7) is 1.99. The van der Waals surface area contributed by atoms with E-state index in [1.54, 1.807) is 6.20 Å². The molecule has 0 unspecified atom stereocenters. The maximum atomic E-state index is 9.29. The molecule has 88 valence electrons. The molecule has 2 heterocycles. The summed E-state index contributed by atoms with van der Waals surface area (Å²) in [7, 11) is 0. The van der Waals surface area contributed by atoms with E-state index < -0.39 is 0 Å². The molecular weight excluding hydrogens is 226 g/mol. The Bertz CT molecular complexity index is 348. The van der Waals surface area contributed by atoms with E-state index in [9.17, 15) is 5.11 Å². The number of likely N-dealkylation sites (tertiary alicyclic amines) is 1. The number of hydrogen-bond donors (Lipinski definition) is 1. The predicted molar refractivity (Wildman–Crippen MR) is 62.2 cm³/mol. The van der Waals surface area contributed by atoms with E-state index in [2.05, 4.69) is 14.9 Å². The van der Waals surface area contributed by atoms with E-state index >= 15 is 0 Å². The largest absolute Gasteiger partial charge is 0.395 e. The fraction of sp³-hybridized carbons (Fsp3) is 0.636. The molecule has 0 spiro atoms. The van der Waals surface area contributed by atoms with Gasteiger partial charge in [-0.2, -0.15) is 0 Å². The molecule has 1 aliphatic heterocycles. The standard InChI is InChI=1S/C11H16ClN3O/c12-11-13-5-4-9(14-11)7-15-6-2-1-3-10(15)8-16/h4-5,10,16H,1-3,6-8H2/t10-/m1/s1.